The van der Waals surface area contributed by atoms with E-state index >= 15 is 0 Å². The Hall–Kier alpha value is -1.56. The highest BCUT2D eigenvalue weighted by Gasteiger charge is 2.47. The molecule has 1 aliphatic heterocycles. The molecule has 9 N–H and O–H groups in total. The van der Waals surface area contributed by atoms with Crippen LogP contribution in [0, 0.1) is 0 Å². The summed E-state index contributed by atoms with van der Waals surface area (Å²) in [6.45, 7) is -1.01. The Labute approximate surface area is 175 Å². The monoisotopic (exact) mass is 528 g/mol. The van der Waals surface area contributed by atoms with Crippen molar-refractivity contribution in [3.05, 3.63) is 16.7 Å². The normalized spacial score (nSPS) is 27.9. The van der Waals surface area contributed by atoms with Crippen LogP contribution in [-0.4, -0.2) is 74.2 Å². The van der Waals surface area contributed by atoms with Gasteiger partial charge in [0.25, 0.3) is 5.56 Å². The minimum absolute atomic E-state index is 0.115. The second-order valence-electron chi connectivity index (χ2n) is 6.21. The van der Waals surface area contributed by atoms with E-state index in [9.17, 15) is 33.6 Å². The van der Waals surface area contributed by atoms with E-state index in [-0.39, 0.29) is 17.1 Å². The average Bonchev–Trinajstić information content (AvgIpc) is 3.12. The molecule has 0 spiro atoms. The van der Waals surface area contributed by atoms with E-state index < -0.39 is 60.2 Å². The predicted octanol–water partition coefficient (Wildman–Crippen LogP) is -2.34. The number of nitrogens with two attached hydrogens (primary N) is 1. The molecule has 6 atom stereocenters. The van der Waals surface area contributed by atoms with Crippen molar-refractivity contribution in [3.8, 4) is 0 Å². The third kappa shape index (κ3) is 5.67. The number of rotatable bonds is 8. The molecular formula is C10H16N5O14P3. The van der Waals surface area contributed by atoms with Crippen LogP contribution in [0.15, 0.2) is 11.1 Å². The molecule has 2 aromatic heterocycles. The zero-order chi connectivity index (χ0) is 24.1. The van der Waals surface area contributed by atoms with Gasteiger partial charge in [0.2, 0.25) is 5.95 Å². The van der Waals surface area contributed by atoms with Gasteiger partial charge in [0.15, 0.2) is 17.4 Å². The van der Waals surface area contributed by atoms with E-state index in [1.807, 2.05) is 0 Å². The van der Waals surface area contributed by atoms with Gasteiger partial charge in [0.05, 0.1) is 12.9 Å². The van der Waals surface area contributed by atoms with Gasteiger partial charge in [0, 0.05) is 0 Å². The van der Waals surface area contributed by atoms with Crippen molar-refractivity contribution in [1.82, 2.24) is 19.5 Å². The zero-order valence-corrected chi connectivity index (χ0v) is 18.0. The van der Waals surface area contributed by atoms with Gasteiger partial charge in [-0.15, -0.1) is 0 Å². The maximum absolute atomic E-state index is 11.9. The lowest BCUT2D eigenvalue weighted by Crippen LogP contribution is -2.33. The van der Waals surface area contributed by atoms with Crippen LogP contribution in [0.4, 0.5) is 5.95 Å². The van der Waals surface area contributed by atoms with Gasteiger partial charge in [0.1, 0.15) is 18.3 Å². The van der Waals surface area contributed by atoms with E-state index in [0.29, 0.717) is 0 Å². The first-order valence-corrected chi connectivity index (χ1v) is 12.6. The van der Waals surface area contributed by atoms with Gasteiger partial charge >= 0.3 is 23.5 Å². The standard InChI is InChI=1S/C10H16N5O14P3/c11-10-13-7-4(8(18)14-10)12-2-15(7)9-6(17)5(16)3(27-9)1-26-31(22,23)29-32(24,25)28-30(19,20)21/h2-3,5-6,9,16-17H,1H2,(H,22,23)(H,24,25)(H2,19,20,21)(H3,11,13,14,18)/t3-,5-,6-,9-/m1/s1/i1+1,3+1,5+1,6+1,9+1. The minimum atomic E-state index is -5.73. The number of aromatic amines is 1. The lowest BCUT2D eigenvalue weighted by Gasteiger charge is -2.19. The summed E-state index contributed by atoms with van der Waals surface area (Å²) >= 11 is 0. The summed E-state index contributed by atoms with van der Waals surface area (Å²) in [5.41, 5.74) is 4.50. The Morgan fingerprint density at radius 2 is 1.78 bits per heavy atom. The van der Waals surface area contributed by atoms with E-state index in [1.165, 1.54) is 0 Å². The average molecular weight is 528 g/mol. The van der Waals surface area contributed by atoms with Gasteiger partial charge in [-0.05, 0) is 0 Å². The molecule has 3 heterocycles. The number of aliphatic hydroxyl groups excluding tert-OH is 2. The molecule has 32 heavy (non-hydrogen) atoms. The van der Waals surface area contributed by atoms with Crippen LogP contribution in [0.3, 0.4) is 0 Å². The fourth-order valence-corrected chi connectivity index (χ4v) is 5.73. The third-order valence-corrected chi connectivity index (χ3v) is 7.68. The summed E-state index contributed by atoms with van der Waals surface area (Å²) in [5.74, 6) is -0.276. The number of phosphoric acid groups is 3. The summed E-state index contributed by atoms with van der Waals surface area (Å²) in [7, 11) is -16.8. The first-order valence-electron chi connectivity index (χ1n) is 8.11. The van der Waals surface area contributed by atoms with Crippen molar-refractivity contribution in [3.63, 3.8) is 0 Å². The second kappa shape index (κ2) is 8.66. The number of ether oxygens (including phenoxy) is 1. The summed E-state index contributed by atoms with van der Waals surface area (Å²) in [5, 5.41) is 20.4. The topological polar surface area (TPSA) is 299 Å². The first kappa shape index (κ1) is 25.1. The number of nitrogens with one attached hydrogen (secondary N) is 1. The Bertz CT molecular complexity index is 1210. The van der Waals surface area contributed by atoms with Crippen molar-refractivity contribution in [2.75, 3.05) is 12.3 Å². The SMILES string of the molecule is Nc1nc2c(ncn2[13C@@H]2O[13C@H]([13CH2]OP(=O)(O)OP(=O)(O)OP(=O)(O)O)[13C@@H](O)[13C@H]2O)c(=O)[nH]1. The maximum atomic E-state index is 11.9. The van der Waals surface area contributed by atoms with Crippen molar-refractivity contribution in [2.24, 2.45) is 0 Å². The number of aromatic nitrogens is 4. The Balaban J connectivity index is 1.72. The molecule has 1 aliphatic rings. The number of fused-ring (bicyclic) bond motifs is 1. The molecule has 3 rings (SSSR count). The lowest BCUT2D eigenvalue weighted by atomic mass is 10.5. The summed E-state index contributed by atoms with van der Waals surface area (Å²) in [6.07, 6.45) is -5.33. The maximum Gasteiger partial charge on any atom is 0.490 e. The van der Waals surface area contributed by atoms with E-state index in [2.05, 4.69) is 28.1 Å². The zero-order valence-electron chi connectivity index (χ0n) is 15.3. The van der Waals surface area contributed by atoms with Crippen LogP contribution in [0.2, 0.25) is 0 Å². The lowest BCUT2D eigenvalue weighted by molar-refractivity contribution is -0.0503. The largest absolute Gasteiger partial charge is 0.490 e. The Morgan fingerprint density at radius 3 is 2.41 bits per heavy atom. The van der Waals surface area contributed by atoms with E-state index in [4.69, 9.17) is 25.2 Å². The molecule has 1 fully saturated rings. The summed E-state index contributed by atoms with van der Waals surface area (Å²) in [6, 6.07) is 0. The highest BCUT2D eigenvalue weighted by molar-refractivity contribution is 7.66. The number of H-pyrrole nitrogens is 1. The fourth-order valence-electron chi connectivity index (χ4n) is 2.70. The van der Waals surface area contributed by atoms with Gasteiger partial charge in [-0.2, -0.15) is 13.6 Å². The van der Waals surface area contributed by atoms with Crippen LogP contribution < -0.4 is 11.3 Å². The highest BCUT2D eigenvalue weighted by Crippen LogP contribution is 2.66. The number of aliphatic hydroxyl groups is 2. The van der Waals surface area contributed by atoms with Gasteiger partial charge in [-0.25, -0.2) is 18.7 Å². The van der Waals surface area contributed by atoms with Crippen LogP contribution in [0.25, 0.3) is 11.2 Å². The Morgan fingerprint density at radius 1 is 1.12 bits per heavy atom. The molecule has 22 heteroatoms. The molecule has 180 valence electrons. The molecule has 2 unspecified atom stereocenters. The van der Waals surface area contributed by atoms with Crippen molar-refractivity contribution < 1.29 is 61.4 Å². The molecule has 0 radical (unpaired) electrons. The number of phosphoric ester groups is 1. The molecule has 0 saturated carbocycles. The number of nitrogens with zero attached hydrogens (tertiary/aromatic N) is 3. The minimum Gasteiger partial charge on any atom is -0.387 e. The molecule has 1 saturated heterocycles. The fraction of sp³-hybridized carbons (Fsp3) is 0.500. The van der Waals surface area contributed by atoms with Gasteiger partial charge in [-0.1, -0.05) is 0 Å². The van der Waals surface area contributed by atoms with Gasteiger partial charge in [-0.3, -0.25) is 18.9 Å². The van der Waals surface area contributed by atoms with Crippen molar-refractivity contribution >= 4 is 40.6 Å². The van der Waals surface area contributed by atoms with Crippen LogP contribution in [-0.2, 0) is 31.6 Å². The van der Waals surface area contributed by atoms with Crippen molar-refractivity contribution in [1.29, 1.82) is 0 Å². The highest BCUT2D eigenvalue weighted by atomic mass is 31.3. The predicted molar refractivity (Wildman–Crippen MR) is 98.3 cm³/mol. The number of hydrogen-bond donors (Lipinski definition) is 8. The molecule has 0 aliphatic carbocycles. The number of hydrogen-bond acceptors (Lipinski definition) is 13. The van der Waals surface area contributed by atoms with E-state index in [1.54, 1.807) is 0 Å². The summed E-state index contributed by atoms with van der Waals surface area (Å²) < 4.78 is 51.6. The number of nitrogen functional groups attached to an aromatic ring is 1. The molecule has 0 aromatic carbocycles. The summed E-state index contributed by atoms with van der Waals surface area (Å²) in [4.78, 5) is 57.3. The van der Waals surface area contributed by atoms with Crippen LogP contribution in [0.1, 0.15) is 6.23 Å². The van der Waals surface area contributed by atoms with Gasteiger partial charge < -0.3 is 40.3 Å². The molecule has 2 aromatic rings. The second-order valence-corrected chi connectivity index (χ2v) is 10.6. The first-order chi connectivity index (χ1) is 14.6. The van der Waals surface area contributed by atoms with Crippen LogP contribution in [0.5, 0.6) is 0 Å². The Kier molecular flexibility index (Phi) is 6.78. The van der Waals surface area contributed by atoms with E-state index in [0.717, 1.165) is 10.9 Å². The quantitative estimate of drug-likeness (QED) is 0.131. The third-order valence-electron chi connectivity index (χ3n) is 3.88. The molecular weight excluding hydrogens is 512 g/mol. The molecule has 0 bridgehead atoms. The number of anilines is 1. The smallest absolute Gasteiger partial charge is 0.387 e. The van der Waals surface area contributed by atoms with Crippen molar-refractivity contribution in [2.45, 2.75) is 24.5 Å². The molecule has 0 amide bonds. The number of imidazole rings is 1. The van der Waals surface area contributed by atoms with Crippen LogP contribution >= 0.6 is 23.5 Å². The molecule has 19 nitrogen and oxygen atoms in total.